The molecule has 0 aliphatic heterocycles. The third kappa shape index (κ3) is 2.15. The summed E-state index contributed by atoms with van der Waals surface area (Å²) in [7, 11) is 0. The van der Waals surface area contributed by atoms with Crippen LogP contribution in [0.25, 0.3) is 21.8 Å². The second-order valence-electron chi connectivity index (χ2n) is 4.56. The fourth-order valence-electron chi connectivity index (χ4n) is 2.46. The quantitative estimate of drug-likeness (QED) is 0.575. The lowest BCUT2D eigenvalue weighted by Crippen LogP contribution is -2.36. The molecule has 1 heterocycles. The second kappa shape index (κ2) is 4.69. The molecule has 0 atom stereocenters. The van der Waals surface area contributed by atoms with Gasteiger partial charge in [-0.2, -0.15) is 4.57 Å². The first-order chi connectivity index (χ1) is 9.25. The molecule has 0 aliphatic carbocycles. The number of para-hydroxylation sites is 2. The smallest absolute Gasteiger partial charge is 0.309 e. The van der Waals surface area contributed by atoms with Crippen LogP contribution in [0, 0.1) is 0 Å². The first-order valence-electron chi connectivity index (χ1n) is 6.28. The maximum atomic E-state index is 10.8. The van der Waals surface area contributed by atoms with Crippen molar-refractivity contribution in [2.24, 2.45) is 0 Å². The van der Waals surface area contributed by atoms with Gasteiger partial charge < -0.3 is 5.11 Å². The second-order valence-corrected chi connectivity index (χ2v) is 4.56. The normalized spacial score (nSPS) is 10.9. The molecule has 0 spiro atoms. The van der Waals surface area contributed by atoms with Crippen molar-refractivity contribution in [2.75, 3.05) is 0 Å². The van der Waals surface area contributed by atoms with Crippen LogP contribution in [0.2, 0.25) is 0 Å². The van der Waals surface area contributed by atoms with Gasteiger partial charge in [0.15, 0.2) is 6.54 Å². The van der Waals surface area contributed by atoms with Crippen molar-refractivity contribution in [3.8, 4) is 0 Å². The van der Waals surface area contributed by atoms with Gasteiger partial charge in [0.25, 0.3) is 0 Å². The summed E-state index contributed by atoms with van der Waals surface area (Å²) in [6.07, 6.45) is 0.128. The number of benzene rings is 2. The van der Waals surface area contributed by atoms with E-state index < -0.39 is 5.97 Å². The lowest BCUT2D eigenvalue weighted by atomic mass is 10.1. The van der Waals surface area contributed by atoms with Crippen molar-refractivity contribution in [2.45, 2.75) is 13.0 Å². The van der Waals surface area contributed by atoms with Crippen LogP contribution in [-0.4, -0.2) is 11.1 Å². The zero-order chi connectivity index (χ0) is 13.2. The number of fused-ring (bicyclic) bond motifs is 2. The monoisotopic (exact) mass is 252 g/mol. The Morgan fingerprint density at radius 2 is 1.47 bits per heavy atom. The molecule has 0 saturated heterocycles. The highest BCUT2D eigenvalue weighted by molar-refractivity contribution is 5.88. The van der Waals surface area contributed by atoms with Gasteiger partial charge >= 0.3 is 5.97 Å². The highest BCUT2D eigenvalue weighted by atomic mass is 16.4. The average Bonchev–Trinajstić information content (AvgIpc) is 2.43. The predicted octanol–water partition coefficient (Wildman–Crippen LogP) is 2.76. The fraction of sp³-hybridized carbons (Fsp3) is 0.125. The zero-order valence-corrected chi connectivity index (χ0v) is 10.4. The molecule has 0 amide bonds. The number of pyridine rings is 1. The highest BCUT2D eigenvalue weighted by Gasteiger charge is 2.15. The van der Waals surface area contributed by atoms with Gasteiger partial charge in [-0.1, -0.05) is 24.3 Å². The summed E-state index contributed by atoms with van der Waals surface area (Å²) in [6.45, 7) is 0.483. The van der Waals surface area contributed by atoms with Crippen LogP contribution >= 0.6 is 0 Å². The van der Waals surface area contributed by atoms with Gasteiger partial charge in [-0.05, 0) is 18.2 Å². The Kier molecular flexibility index (Phi) is 2.88. The molecular formula is C16H14NO2+. The fourth-order valence-corrected chi connectivity index (χ4v) is 2.46. The van der Waals surface area contributed by atoms with Crippen molar-refractivity contribution in [3.05, 3.63) is 54.6 Å². The van der Waals surface area contributed by atoms with Gasteiger partial charge in [0, 0.05) is 22.9 Å². The first kappa shape index (κ1) is 11.7. The minimum absolute atomic E-state index is 0.128. The van der Waals surface area contributed by atoms with E-state index in [4.69, 9.17) is 5.11 Å². The predicted molar refractivity (Wildman–Crippen MR) is 73.9 cm³/mol. The van der Waals surface area contributed by atoms with Crippen LogP contribution in [0.4, 0.5) is 0 Å². The van der Waals surface area contributed by atoms with Gasteiger partial charge in [-0.3, -0.25) is 4.79 Å². The summed E-state index contributed by atoms with van der Waals surface area (Å²) in [5.74, 6) is -0.774. The van der Waals surface area contributed by atoms with Gasteiger partial charge in [0.1, 0.15) is 6.42 Å². The van der Waals surface area contributed by atoms with Gasteiger partial charge in [0.2, 0.25) is 11.0 Å². The molecule has 3 heteroatoms. The third-order valence-electron chi connectivity index (χ3n) is 3.32. The Bertz CT molecular complexity index is 711. The molecule has 3 nitrogen and oxygen atoms in total. The number of carbonyl (C=O) groups is 1. The number of aromatic nitrogens is 1. The van der Waals surface area contributed by atoms with E-state index in [0.717, 1.165) is 21.8 Å². The summed E-state index contributed by atoms with van der Waals surface area (Å²) in [6, 6.07) is 18.3. The van der Waals surface area contributed by atoms with Crippen LogP contribution in [0.15, 0.2) is 54.6 Å². The van der Waals surface area contributed by atoms with E-state index in [1.54, 1.807) is 0 Å². The third-order valence-corrected chi connectivity index (χ3v) is 3.32. The highest BCUT2D eigenvalue weighted by Crippen LogP contribution is 2.17. The Labute approximate surface area is 110 Å². The maximum Gasteiger partial charge on any atom is 0.309 e. The summed E-state index contributed by atoms with van der Waals surface area (Å²) in [5.41, 5.74) is 2.14. The Hall–Kier alpha value is -2.42. The molecule has 0 saturated carbocycles. The maximum absolute atomic E-state index is 10.8. The average molecular weight is 252 g/mol. The van der Waals surface area contributed by atoms with Gasteiger partial charge in [0.05, 0.1) is 0 Å². The van der Waals surface area contributed by atoms with Crippen LogP contribution < -0.4 is 4.57 Å². The van der Waals surface area contributed by atoms with E-state index in [0.29, 0.717) is 6.54 Å². The SMILES string of the molecule is O=C(O)CC[n+]1c2ccccc2cc2ccccc21. The number of hydrogen-bond donors (Lipinski definition) is 1. The molecule has 19 heavy (non-hydrogen) atoms. The number of nitrogens with zero attached hydrogens (tertiary/aromatic N) is 1. The van der Waals surface area contributed by atoms with Gasteiger partial charge in [-0.25, -0.2) is 0 Å². The van der Waals surface area contributed by atoms with Crippen molar-refractivity contribution in [1.29, 1.82) is 0 Å². The molecule has 1 aromatic heterocycles. The summed E-state index contributed by atoms with van der Waals surface area (Å²) in [5, 5.41) is 11.2. The lowest BCUT2D eigenvalue weighted by Gasteiger charge is -2.04. The summed E-state index contributed by atoms with van der Waals surface area (Å²) in [4.78, 5) is 10.8. The van der Waals surface area contributed by atoms with Crippen molar-refractivity contribution >= 4 is 27.8 Å². The van der Waals surface area contributed by atoms with E-state index in [2.05, 4.69) is 22.8 Å². The molecule has 0 bridgehead atoms. The summed E-state index contributed by atoms with van der Waals surface area (Å²) >= 11 is 0. The Morgan fingerprint density at radius 1 is 0.947 bits per heavy atom. The van der Waals surface area contributed by atoms with E-state index in [9.17, 15) is 4.79 Å². The van der Waals surface area contributed by atoms with Crippen LogP contribution in [0.3, 0.4) is 0 Å². The van der Waals surface area contributed by atoms with E-state index in [1.807, 2.05) is 36.4 Å². The van der Waals surface area contributed by atoms with Crippen molar-refractivity contribution < 1.29 is 14.5 Å². The minimum Gasteiger partial charge on any atom is -0.481 e. The molecule has 94 valence electrons. The first-order valence-corrected chi connectivity index (χ1v) is 6.28. The molecule has 0 fully saturated rings. The number of carboxylic acids is 1. The molecule has 3 rings (SSSR count). The van der Waals surface area contributed by atoms with Crippen molar-refractivity contribution in [1.82, 2.24) is 0 Å². The molecule has 2 aromatic carbocycles. The van der Waals surface area contributed by atoms with Crippen LogP contribution in [0.5, 0.6) is 0 Å². The summed E-state index contributed by atoms with van der Waals surface area (Å²) < 4.78 is 2.08. The molecule has 0 unspecified atom stereocenters. The van der Waals surface area contributed by atoms with Crippen LogP contribution in [0.1, 0.15) is 6.42 Å². The topological polar surface area (TPSA) is 41.2 Å². The Morgan fingerprint density at radius 3 is 2.00 bits per heavy atom. The number of carboxylic acid groups (broad SMARTS) is 1. The van der Waals surface area contributed by atoms with E-state index >= 15 is 0 Å². The number of aryl methyl sites for hydroxylation is 1. The number of aliphatic carboxylic acids is 1. The number of rotatable bonds is 3. The Balaban J connectivity index is 2.29. The largest absolute Gasteiger partial charge is 0.481 e. The zero-order valence-electron chi connectivity index (χ0n) is 10.4. The minimum atomic E-state index is -0.774. The van der Waals surface area contributed by atoms with E-state index in [1.165, 1.54) is 0 Å². The number of hydrogen-bond acceptors (Lipinski definition) is 1. The van der Waals surface area contributed by atoms with Crippen LogP contribution in [-0.2, 0) is 11.3 Å². The van der Waals surface area contributed by atoms with Gasteiger partial charge in [-0.15, -0.1) is 0 Å². The molecule has 0 aliphatic rings. The van der Waals surface area contributed by atoms with Crippen molar-refractivity contribution in [3.63, 3.8) is 0 Å². The molecule has 3 aromatic rings. The molecule has 0 radical (unpaired) electrons. The lowest BCUT2D eigenvalue weighted by molar-refractivity contribution is -0.644. The molecule has 1 N–H and O–H groups in total. The molecular weight excluding hydrogens is 238 g/mol. The standard InChI is InChI=1S/C16H13NO2/c18-16(19)9-10-17-14-7-3-1-5-12(14)11-13-6-2-4-8-15(13)17/h1-8,11H,9-10H2/p+1. The van der Waals surface area contributed by atoms with E-state index in [-0.39, 0.29) is 6.42 Å².